The van der Waals surface area contributed by atoms with Crippen LogP contribution in [0.25, 0.3) is 0 Å². The second-order valence-corrected chi connectivity index (χ2v) is 9.12. The Morgan fingerprint density at radius 2 is 1.80 bits per heavy atom. The maximum Gasteiger partial charge on any atom is 0.245 e. The Balaban J connectivity index is 0.00000256. The molecule has 2 unspecified atom stereocenters. The molecule has 3 aliphatic rings. The average Bonchev–Trinajstić information content (AvgIpc) is 3.22. The van der Waals surface area contributed by atoms with E-state index in [1.54, 1.807) is 0 Å². The lowest BCUT2D eigenvalue weighted by atomic mass is 9.92. The standard InChI is InChI=1S/C23H34N4O2.ClH/c1-17(2)13-22(28)27-15-19-6-4-3-5-18(19)14-21(27)23(29)26-10-7-20(16-26)25-11-8-24-9-12-25;/h3-6,17,20-21,24H,7-16H2,1-2H3;1H. The Bertz CT molecular complexity index is 750. The third-order valence-electron chi connectivity index (χ3n) is 6.58. The van der Waals surface area contributed by atoms with Gasteiger partial charge in [0.15, 0.2) is 0 Å². The summed E-state index contributed by atoms with van der Waals surface area (Å²) < 4.78 is 0. The zero-order valence-electron chi connectivity index (χ0n) is 18.2. The Labute approximate surface area is 186 Å². The summed E-state index contributed by atoms with van der Waals surface area (Å²) in [6.07, 6.45) is 2.16. The summed E-state index contributed by atoms with van der Waals surface area (Å²) in [5.41, 5.74) is 2.38. The summed E-state index contributed by atoms with van der Waals surface area (Å²) in [6.45, 7) is 10.4. The van der Waals surface area contributed by atoms with Crippen LogP contribution in [0, 0.1) is 5.92 Å². The quantitative estimate of drug-likeness (QED) is 0.786. The number of amides is 2. The largest absolute Gasteiger partial charge is 0.339 e. The van der Waals surface area contributed by atoms with Gasteiger partial charge in [0, 0.05) is 64.7 Å². The Hall–Kier alpha value is -1.63. The third kappa shape index (κ3) is 4.98. The fraction of sp³-hybridized carbons (Fsp3) is 0.652. The van der Waals surface area contributed by atoms with Crippen molar-refractivity contribution < 1.29 is 9.59 Å². The lowest BCUT2D eigenvalue weighted by Crippen LogP contribution is -2.54. The molecular weight excluding hydrogens is 400 g/mol. The fourth-order valence-electron chi connectivity index (χ4n) is 4.97. The van der Waals surface area contributed by atoms with Gasteiger partial charge in [-0.2, -0.15) is 0 Å². The molecule has 4 rings (SSSR count). The minimum Gasteiger partial charge on any atom is -0.339 e. The number of nitrogens with one attached hydrogen (secondary N) is 1. The molecule has 7 heteroatoms. The first-order valence-corrected chi connectivity index (χ1v) is 11.1. The Morgan fingerprint density at radius 3 is 2.50 bits per heavy atom. The van der Waals surface area contributed by atoms with Crippen LogP contribution in [0.1, 0.15) is 37.8 Å². The molecule has 3 heterocycles. The number of hydrogen-bond donors (Lipinski definition) is 1. The number of likely N-dealkylation sites (tertiary alicyclic amines) is 1. The van der Waals surface area contributed by atoms with Crippen LogP contribution in [0.5, 0.6) is 0 Å². The van der Waals surface area contributed by atoms with Gasteiger partial charge in [0.25, 0.3) is 0 Å². The predicted octanol–water partition coefficient (Wildman–Crippen LogP) is 1.91. The van der Waals surface area contributed by atoms with Gasteiger partial charge in [-0.15, -0.1) is 12.4 Å². The predicted molar refractivity (Wildman–Crippen MR) is 121 cm³/mol. The van der Waals surface area contributed by atoms with Crippen LogP contribution in [0.3, 0.4) is 0 Å². The molecule has 0 saturated carbocycles. The number of fused-ring (bicyclic) bond motifs is 1. The maximum atomic E-state index is 13.5. The van der Waals surface area contributed by atoms with Gasteiger partial charge in [-0.05, 0) is 23.5 Å². The van der Waals surface area contributed by atoms with Gasteiger partial charge >= 0.3 is 0 Å². The first-order chi connectivity index (χ1) is 14.0. The summed E-state index contributed by atoms with van der Waals surface area (Å²) >= 11 is 0. The van der Waals surface area contributed by atoms with Gasteiger partial charge in [0.2, 0.25) is 11.8 Å². The number of halogens is 1. The summed E-state index contributed by atoms with van der Waals surface area (Å²) in [5.74, 6) is 0.527. The van der Waals surface area contributed by atoms with Gasteiger partial charge in [-0.25, -0.2) is 0 Å². The number of benzene rings is 1. The summed E-state index contributed by atoms with van der Waals surface area (Å²) in [6, 6.07) is 8.33. The molecule has 166 valence electrons. The highest BCUT2D eigenvalue weighted by Gasteiger charge is 2.39. The van der Waals surface area contributed by atoms with E-state index in [4.69, 9.17) is 0 Å². The SMILES string of the molecule is CC(C)CC(=O)N1Cc2ccccc2CC1C(=O)N1CCC(N2CCNCC2)C1.Cl. The van der Waals surface area contributed by atoms with E-state index in [0.717, 1.165) is 45.7 Å². The van der Waals surface area contributed by atoms with E-state index in [2.05, 4.69) is 36.2 Å². The zero-order chi connectivity index (χ0) is 20.4. The second-order valence-electron chi connectivity index (χ2n) is 9.12. The van der Waals surface area contributed by atoms with Crippen LogP contribution in [-0.4, -0.2) is 77.9 Å². The van der Waals surface area contributed by atoms with Crippen molar-refractivity contribution in [2.45, 2.75) is 51.7 Å². The molecule has 1 aromatic carbocycles. The number of carbonyl (C=O) groups is 2. The van der Waals surface area contributed by atoms with Crippen molar-refractivity contribution >= 4 is 24.2 Å². The minimum atomic E-state index is -0.363. The van der Waals surface area contributed by atoms with Gasteiger partial charge < -0.3 is 15.1 Å². The van der Waals surface area contributed by atoms with E-state index in [0.29, 0.717) is 31.3 Å². The number of piperazine rings is 1. The molecular formula is C23H35ClN4O2. The van der Waals surface area contributed by atoms with Gasteiger partial charge in [-0.3, -0.25) is 14.5 Å². The Morgan fingerprint density at radius 1 is 1.10 bits per heavy atom. The molecule has 2 amide bonds. The van der Waals surface area contributed by atoms with E-state index in [1.165, 1.54) is 11.1 Å². The van der Waals surface area contributed by atoms with E-state index in [-0.39, 0.29) is 30.3 Å². The summed E-state index contributed by atoms with van der Waals surface area (Å²) in [5, 5.41) is 3.40. The van der Waals surface area contributed by atoms with E-state index in [1.807, 2.05) is 21.9 Å². The van der Waals surface area contributed by atoms with E-state index in [9.17, 15) is 9.59 Å². The molecule has 1 aromatic rings. The van der Waals surface area contributed by atoms with Crippen molar-refractivity contribution in [2.75, 3.05) is 39.3 Å². The molecule has 0 aliphatic carbocycles. The third-order valence-corrected chi connectivity index (χ3v) is 6.58. The number of nitrogens with zero attached hydrogens (tertiary/aromatic N) is 3. The minimum absolute atomic E-state index is 0. The van der Waals surface area contributed by atoms with Crippen molar-refractivity contribution in [1.29, 1.82) is 0 Å². The van der Waals surface area contributed by atoms with Crippen LogP contribution in [0.4, 0.5) is 0 Å². The first-order valence-electron chi connectivity index (χ1n) is 11.1. The van der Waals surface area contributed by atoms with Gasteiger partial charge in [0.1, 0.15) is 6.04 Å². The summed E-state index contributed by atoms with van der Waals surface area (Å²) in [7, 11) is 0. The van der Waals surface area contributed by atoms with Crippen molar-refractivity contribution in [2.24, 2.45) is 5.92 Å². The first kappa shape index (κ1) is 23.0. The van der Waals surface area contributed by atoms with Crippen LogP contribution in [0.2, 0.25) is 0 Å². The van der Waals surface area contributed by atoms with Crippen molar-refractivity contribution in [3.63, 3.8) is 0 Å². The van der Waals surface area contributed by atoms with Crippen molar-refractivity contribution in [3.05, 3.63) is 35.4 Å². The number of carbonyl (C=O) groups excluding carboxylic acids is 2. The van der Waals surface area contributed by atoms with E-state index >= 15 is 0 Å². The number of rotatable bonds is 4. The molecule has 0 spiro atoms. The molecule has 0 aromatic heterocycles. The lowest BCUT2D eigenvalue weighted by Gasteiger charge is -2.38. The zero-order valence-corrected chi connectivity index (χ0v) is 19.0. The molecule has 2 fully saturated rings. The molecule has 2 atom stereocenters. The molecule has 3 aliphatic heterocycles. The molecule has 0 bridgehead atoms. The summed E-state index contributed by atoms with van der Waals surface area (Å²) in [4.78, 5) is 32.9. The molecule has 0 radical (unpaired) electrons. The second kappa shape index (κ2) is 10.1. The maximum absolute atomic E-state index is 13.5. The fourth-order valence-corrected chi connectivity index (χ4v) is 4.97. The molecule has 1 N–H and O–H groups in total. The molecule has 6 nitrogen and oxygen atoms in total. The average molecular weight is 435 g/mol. The lowest BCUT2D eigenvalue weighted by molar-refractivity contribution is -0.147. The number of hydrogen-bond acceptors (Lipinski definition) is 4. The molecule has 30 heavy (non-hydrogen) atoms. The van der Waals surface area contributed by atoms with Gasteiger partial charge in [-0.1, -0.05) is 38.1 Å². The van der Waals surface area contributed by atoms with Crippen LogP contribution < -0.4 is 5.32 Å². The van der Waals surface area contributed by atoms with Crippen LogP contribution in [-0.2, 0) is 22.6 Å². The highest BCUT2D eigenvalue weighted by Crippen LogP contribution is 2.27. The topological polar surface area (TPSA) is 55.9 Å². The monoisotopic (exact) mass is 434 g/mol. The van der Waals surface area contributed by atoms with Gasteiger partial charge in [0.05, 0.1) is 0 Å². The van der Waals surface area contributed by atoms with E-state index < -0.39 is 0 Å². The van der Waals surface area contributed by atoms with Crippen molar-refractivity contribution in [1.82, 2.24) is 20.0 Å². The Kier molecular flexibility index (Phi) is 7.77. The molecule has 2 saturated heterocycles. The smallest absolute Gasteiger partial charge is 0.245 e. The van der Waals surface area contributed by atoms with Crippen LogP contribution >= 0.6 is 12.4 Å². The highest BCUT2D eigenvalue weighted by molar-refractivity contribution is 5.89. The highest BCUT2D eigenvalue weighted by atomic mass is 35.5. The van der Waals surface area contributed by atoms with Crippen molar-refractivity contribution in [3.8, 4) is 0 Å². The van der Waals surface area contributed by atoms with Crippen LogP contribution in [0.15, 0.2) is 24.3 Å². The normalized spacial score (nSPS) is 24.5.